The topological polar surface area (TPSA) is 43.6 Å². The average molecular weight is 285 g/mol. The molecule has 2 aliphatic rings. The van der Waals surface area contributed by atoms with Gasteiger partial charge in [0.2, 0.25) is 0 Å². The van der Waals surface area contributed by atoms with Gasteiger partial charge in [0.05, 0.1) is 6.54 Å². The zero-order valence-electron chi connectivity index (χ0n) is 12.1. The fourth-order valence-electron chi connectivity index (χ4n) is 2.75. The van der Waals surface area contributed by atoms with Crippen molar-refractivity contribution >= 4 is 5.69 Å². The number of hydrogen-bond donors (Lipinski definition) is 1. The van der Waals surface area contributed by atoms with Crippen LogP contribution in [0, 0.1) is 5.92 Å². The average Bonchev–Trinajstić information content (AvgIpc) is 3.07. The molecule has 21 heavy (non-hydrogen) atoms. The lowest BCUT2D eigenvalue weighted by Gasteiger charge is -2.19. The predicted octanol–water partition coefficient (Wildman–Crippen LogP) is 3.79. The summed E-state index contributed by atoms with van der Waals surface area (Å²) in [6.07, 6.45) is 1.25. The zero-order chi connectivity index (χ0) is 14.2. The Bertz CT molecular complexity index is 649. The van der Waals surface area contributed by atoms with Gasteiger partial charge in [-0.15, -0.1) is 0 Å². The van der Waals surface area contributed by atoms with Gasteiger partial charge in [0, 0.05) is 17.7 Å². The fourth-order valence-corrected chi connectivity index (χ4v) is 2.75. The number of fused-ring (bicyclic) bond motifs is 1. The molecule has 1 aromatic heterocycles. The summed E-state index contributed by atoms with van der Waals surface area (Å²) in [5.41, 5.74) is 1.01. The molecule has 2 atom stereocenters. The number of rotatable bonds is 4. The van der Waals surface area contributed by atoms with E-state index in [1.807, 2.05) is 18.2 Å². The molecule has 1 aromatic carbocycles. The van der Waals surface area contributed by atoms with Crippen molar-refractivity contribution in [3.8, 4) is 11.5 Å². The Morgan fingerprint density at radius 2 is 1.90 bits per heavy atom. The number of furan rings is 1. The Morgan fingerprint density at radius 3 is 2.71 bits per heavy atom. The van der Waals surface area contributed by atoms with E-state index >= 15 is 0 Å². The van der Waals surface area contributed by atoms with Crippen LogP contribution in [-0.2, 0) is 6.54 Å². The molecule has 0 amide bonds. The maximum absolute atomic E-state index is 5.89. The van der Waals surface area contributed by atoms with Crippen LogP contribution in [-0.4, -0.2) is 13.2 Å². The molecule has 2 unspecified atom stereocenters. The first kappa shape index (κ1) is 12.6. The first-order valence-corrected chi connectivity index (χ1v) is 7.52. The van der Waals surface area contributed by atoms with E-state index in [1.54, 1.807) is 0 Å². The Hall–Kier alpha value is -2.10. The molecule has 0 radical (unpaired) electrons. The molecular formula is C17H19NO3. The van der Waals surface area contributed by atoms with Gasteiger partial charge in [0.25, 0.3) is 0 Å². The van der Waals surface area contributed by atoms with Gasteiger partial charge in [0.1, 0.15) is 24.7 Å². The third-order valence-corrected chi connectivity index (χ3v) is 4.17. The van der Waals surface area contributed by atoms with Gasteiger partial charge >= 0.3 is 0 Å². The van der Waals surface area contributed by atoms with E-state index in [2.05, 4.69) is 24.4 Å². The van der Waals surface area contributed by atoms with Crippen LogP contribution in [0.25, 0.3) is 0 Å². The van der Waals surface area contributed by atoms with E-state index in [1.165, 1.54) is 6.42 Å². The van der Waals surface area contributed by atoms with E-state index in [-0.39, 0.29) is 0 Å². The van der Waals surface area contributed by atoms with Gasteiger partial charge in [0.15, 0.2) is 11.5 Å². The summed E-state index contributed by atoms with van der Waals surface area (Å²) >= 11 is 0. The molecule has 1 N–H and O–H groups in total. The second-order valence-electron chi connectivity index (χ2n) is 5.84. The highest BCUT2D eigenvalue weighted by molar-refractivity contribution is 5.55. The lowest BCUT2D eigenvalue weighted by Crippen LogP contribution is -2.15. The summed E-state index contributed by atoms with van der Waals surface area (Å²) in [5.74, 6) is 5.12. The molecule has 2 heterocycles. The van der Waals surface area contributed by atoms with Crippen LogP contribution in [0.2, 0.25) is 0 Å². The van der Waals surface area contributed by atoms with Crippen molar-refractivity contribution in [3.05, 3.63) is 41.9 Å². The normalized spacial score (nSPS) is 22.9. The Balaban J connectivity index is 1.41. The lowest BCUT2D eigenvalue weighted by atomic mass is 10.2. The third kappa shape index (κ3) is 2.58. The van der Waals surface area contributed by atoms with Crippen molar-refractivity contribution in [1.29, 1.82) is 0 Å². The molecule has 0 bridgehead atoms. The minimum Gasteiger partial charge on any atom is -0.486 e. The third-order valence-electron chi connectivity index (χ3n) is 4.17. The van der Waals surface area contributed by atoms with Crippen LogP contribution in [0.5, 0.6) is 11.5 Å². The van der Waals surface area contributed by atoms with Gasteiger partial charge in [-0.25, -0.2) is 0 Å². The number of ether oxygens (including phenoxy) is 2. The SMILES string of the molecule is CC1CC1c1ccc(CNc2ccc3c(c2)OCCO3)o1. The maximum Gasteiger partial charge on any atom is 0.163 e. The standard InChI is InChI=1S/C17H19NO3/c1-11-8-14(11)15-5-3-13(21-15)10-18-12-2-4-16-17(9-12)20-7-6-19-16/h2-5,9,11,14,18H,6-8,10H2,1H3. The molecule has 1 fully saturated rings. The molecular weight excluding hydrogens is 266 g/mol. The van der Waals surface area contributed by atoms with Gasteiger partial charge in [-0.1, -0.05) is 6.92 Å². The van der Waals surface area contributed by atoms with E-state index in [0.717, 1.165) is 34.6 Å². The Labute approximate surface area is 124 Å². The van der Waals surface area contributed by atoms with E-state index in [0.29, 0.717) is 25.7 Å². The largest absolute Gasteiger partial charge is 0.486 e. The minimum atomic E-state index is 0.609. The highest BCUT2D eigenvalue weighted by Crippen LogP contribution is 2.47. The number of anilines is 1. The summed E-state index contributed by atoms with van der Waals surface area (Å²) in [5, 5.41) is 3.37. The summed E-state index contributed by atoms with van der Waals surface area (Å²) in [7, 11) is 0. The summed E-state index contributed by atoms with van der Waals surface area (Å²) in [6.45, 7) is 4.17. The Morgan fingerprint density at radius 1 is 1.10 bits per heavy atom. The van der Waals surface area contributed by atoms with Crippen molar-refractivity contribution in [3.63, 3.8) is 0 Å². The summed E-state index contributed by atoms with van der Waals surface area (Å²) < 4.78 is 17.0. The molecule has 1 saturated carbocycles. The molecule has 4 heteroatoms. The van der Waals surface area contributed by atoms with E-state index < -0.39 is 0 Å². The second-order valence-corrected chi connectivity index (χ2v) is 5.84. The molecule has 0 saturated heterocycles. The molecule has 2 aromatic rings. The Kier molecular flexibility index (Phi) is 3.02. The number of hydrogen-bond acceptors (Lipinski definition) is 4. The maximum atomic E-state index is 5.89. The van der Waals surface area contributed by atoms with Crippen molar-refractivity contribution in [1.82, 2.24) is 0 Å². The molecule has 1 aliphatic carbocycles. The number of benzene rings is 1. The smallest absolute Gasteiger partial charge is 0.163 e. The quantitative estimate of drug-likeness (QED) is 0.928. The molecule has 4 rings (SSSR count). The number of nitrogens with one attached hydrogen (secondary N) is 1. The highest BCUT2D eigenvalue weighted by atomic mass is 16.6. The summed E-state index contributed by atoms with van der Waals surface area (Å²) in [6, 6.07) is 10.1. The van der Waals surface area contributed by atoms with Crippen LogP contribution in [0.4, 0.5) is 5.69 Å². The first-order valence-electron chi connectivity index (χ1n) is 7.52. The molecule has 0 spiro atoms. The second kappa shape index (κ2) is 5.02. The van der Waals surface area contributed by atoms with Crippen molar-refractivity contribution in [2.45, 2.75) is 25.8 Å². The van der Waals surface area contributed by atoms with Gasteiger partial charge in [-0.3, -0.25) is 0 Å². The predicted molar refractivity (Wildman–Crippen MR) is 80.0 cm³/mol. The summed E-state index contributed by atoms with van der Waals surface area (Å²) in [4.78, 5) is 0. The van der Waals surface area contributed by atoms with E-state index in [9.17, 15) is 0 Å². The lowest BCUT2D eigenvalue weighted by molar-refractivity contribution is 0.171. The van der Waals surface area contributed by atoms with Crippen molar-refractivity contribution < 1.29 is 13.9 Å². The molecule has 4 nitrogen and oxygen atoms in total. The highest BCUT2D eigenvalue weighted by Gasteiger charge is 2.36. The van der Waals surface area contributed by atoms with Gasteiger partial charge in [-0.05, 0) is 36.6 Å². The molecule has 1 aliphatic heterocycles. The fraction of sp³-hybridized carbons (Fsp3) is 0.412. The first-order chi connectivity index (χ1) is 10.3. The zero-order valence-corrected chi connectivity index (χ0v) is 12.1. The van der Waals surface area contributed by atoms with Crippen LogP contribution in [0.1, 0.15) is 30.8 Å². The van der Waals surface area contributed by atoms with Crippen LogP contribution < -0.4 is 14.8 Å². The van der Waals surface area contributed by atoms with Gasteiger partial charge in [-0.2, -0.15) is 0 Å². The van der Waals surface area contributed by atoms with Crippen molar-refractivity contribution in [2.75, 3.05) is 18.5 Å². The van der Waals surface area contributed by atoms with Crippen LogP contribution in [0.3, 0.4) is 0 Å². The van der Waals surface area contributed by atoms with Crippen molar-refractivity contribution in [2.24, 2.45) is 5.92 Å². The monoisotopic (exact) mass is 285 g/mol. The minimum absolute atomic E-state index is 0.609. The van der Waals surface area contributed by atoms with Crippen LogP contribution >= 0.6 is 0 Å². The van der Waals surface area contributed by atoms with Gasteiger partial charge < -0.3 is 19.2 Å². The van der Waals surface area contributed by atoms with E-state index in [4.69, 9.17) is 13.9 Å². The van der Waals surface area contributed by atoms with Crippen LogP contribution in [0.15, 0.2) is 34.7 Å². The molecule has 110 valence electrons.